The van der Waals surface area contributed by atoms with Gasteiger partial charge in [0, 0.05) is 13.0 Å². The van der Waals surface area contributed by atoms with Gasteiger partial charge < -0.3 is 58.7 Å². The predicted molar refractivity (Wildman–Crippen MR) is 128 cm³/mol. The number of aldehydes is 1. The number of carboxylic acid groups (broad SMARTS) is 1. The lowest BCUT2D eigenvalue weighted by atomic mass is 9.91. The fourth-order valence-corrected chi connectivity index (χ4v) is 5.34. The standard InChI is InChI=1S/C20H32O21S2/c1-6-10(22)14(34-2)8(4-35-42(28,29)30)38-19(6)40-16-12(24)13(25)20(41-17(16)18(26)27)39-15-9(5-36-43(31,32)33)37-7(3-21)11(15)23/h3,6-17,19-20,22-25H,4-5H2,1-2H3,(H,26,27)(H,28,29,30)(H,31,32,33)/t6?,7-,8?,9+,10+,11+,12+,13?,14+,15?,16-,17?,19-,20+/m0/s1. The van der Waals surface area contributed by atoms with Crippen LogP contribution in [0.5, 0.6) is 0 Å². The summed E-state index contributed by atoms with van der Waals surface area (Å²) in [5.41, 5.74) is 0. The van der Waals surface area contributed by atoms with Crippen LogP contribution < -0.4 is 0 Å². The molecule has 0 spiro atoms. The zero-order chi connectivity index (χ0) is 32.4. The molecule has 0 bridgehead atoms. The second-order valence-corrected chi connectivity index (χ2v) is 11.9. The van der Waals surface area contributed by atoms with Crippen molar-refractivity contribution in [2.45, 2.75) is 86.6 Å². The Hall–Kier alpha value is -1.52. The summed E-state index contributed by atoms with van der Waals surface area (Å²) >= 11 is 0. The summed E-state index contributed by atoms with van der Waals surface area (Å²) in [6.07, 6.45) is -22.7. The Bertz CT molecular complexity index is 1180. The van der Waals surface area contributed by atoms with Gasteiger partial charge in [-0.2, -0.15) is 16.8 Å². The molecule has 0 saturated carbocycles. The summed E-state index contributed by atoms with van der Waals surface area (Å²) in [5, 5.41) is 52.4. The van der Waals surface area contributed by atoms with E-state index in [0.29, 0.717) is 0 Å². The molecule has 5 unspecified atom stereocenters. The number of carboxylic acids is 1. The predicted octanol–water partition coefficient (Wildman–Crippen LogP) is -5.01. The molecule has 0 aromatic carbocycles. The van der Waals surface area contributed by atoms with E-state index in [1.165, 1.54) is 6.92 Å². The molecule has 0 aromatic rings. The summed E-state index contributed by atoms with van der Waals surface area (Å²) < 4.78 is 102. The first-order valence-corrected chi connectivity index (χ1v) is 15.1. The van der Waals surface area contributed by atoms with Crippen LogP contribution in [0.2, 0.25) is 0 Å². The number of ether oxygens (including phenoxy) is 6. The van der Waals surface area contributed by atoms with E-state index < -0.39 is 126 Å². The molecule has 3 aliphatic rings. The number of rotatable bonds is 13. The Labute approximate surface area is 244 Å². The number of carbonyl (C=O) groups excluding carboxylic acids is 1. The third-order valence-corrected chi connectivity index (χ3v) is 7.76. The maximum Gasteiger partial charge on any atom is 0.397 e. The van der Waals surface area contributed by atoms with Gasteiger partial charge >= 0.3 is 26.8 Å². The molecule has 14 atom stereocenters. The van der Waals surface area contributed by atoms with E-state index in [-0.39, 0.29) is 6.29 Å². The van der Waals surface area contributed by atoms with Crippen molar-refractivity contribution in [1.29, 1.82) is 0 Å². The van der Waals surface area contributed by atoms with E-state index in [9.17, 15) is 52.0 Å². The topological polar surface area (TPSA) is 318 Å². The Kier molecular flexibility index (Phi) is 11.9. The molecule has 43 heavy (non-hydrogen) atoms. The highest BCUT2D eigenvalue weighted by Gasteiger charge is 2.55. The third kappa shape index (κ3) is 8.81. The van der Waals surface area contributed by atoms with Crippen molar-refractivity contribution >= 4 is 33.1 Å². The van der Waals surface area contributed by atoms with Gasteiger partial charge in [-0.25, -0.2) is 13.2 Å². The maximum atomic E-state index is 12.1. The SMILES string of the molecule is CO[C@@H]1C(COS(=O)(=O)O)O[C@@H](O[C@@H]2C(C(=O)O)O[C@@H](OC3[C@@H](COS(=O)(=O)O)O[C@@H](C=O)[C@H]3O)C(O)[C@H]2O)C(C)[C@H]1O. The minimum absolute atomic E-state index is 0.133. The van der Waals surface area contributed by atoms with E-state index in [0.717, 1.165) is 7.11 Å². The van der Waals surface area contributed by atoms with Crippen LogP contribution in [0.15, 0.2) is 0 Å². The van der Waals surface area contributed by atoms with Gasteiger partial charge in [0.05, 0.1) is 19.3 Å². The first kappa shape index (κ1) is 36.0. The molecule has 3 heterocycles. The number of hydrogen-bond donors (Lipinski definition) is 7. The van der Waals surface area contributed by atoms with Crippen molar-refractivity contribution in [1.82, 2.24) is 0 Å². The van der Waals surface area contributed by atoms with Gasteiger partial charge in [-0.1, -0.05) is 6.92 Å². The van der Waals surface area contributed by atoms with Crippen LogP contribution in [0.4, 0.5) is 0 Å². The highest BCUT2D eigenvalue weighted by Crippen LogP contribution is 2.35. The van der Waals surface area contributed by atoms with Gasteiger partial charge in [0.2, 0.25) is 0 Å². The highest BCUT2D eigenvalue weighted by molar-refractivity contribution is 7.81. The first-order valence-electron chi connectivity index (χ1n) is 12.3. The summed E-state index contributed by atoms with van der Waals surface area (Å²) in [7, 11) is -8.80. The van der Waals surface area contributed by atoms with Crippen LogP contribution in [0.3, 0.4) is 0 Å². The molecule has 250 valence electrons. The van der Waals surface area contributed by atoms with Crippen molar-refractivity contribution < 1.29 is 97.9 Å². The monoisotopic (exact) mass is 672 g/mol. The number of hydrogen-bond acceptors (Lipinski definition) is 18. The Morgan fingerprint density at radius 2 is 1.30 bits per heavy atom. The van der Waals surface area contributed by atoms with Crippen LogP contribution in [-0.4, -0.2) is 164 Å². The quantitative estimate of drug-likeness (QED) is 0.0711. The van der Waals surface area contributed by atoms with E-state index in [1.807, 2.05) is 0 Å². The van der Waals surface area contributed by atoms with E-state index >= 15 is 0 Å². The molecule has 3 fully saturated rings. The van der Waals surface area contributed by atoms with Crippen LogP contribution in [-0.2, 0) is 67.2 Å². The van der Waals surface area contributed by atoms with Crippen molar-refractivity contribution in [2.75, 3.05) is 20.3 Å². The molecule has 23 heteroatoms. The normalized spacial score (nSPS) is 42.5. The fourth-order valence-electron chi connectivity index (χ4n) is 4.73. The lowest BCUT2D eigenvalue weighted by molar-refractivity contribution is -0.353. The Balaban J connectivity index is 1.79. The molecule has 0 aromatic heterocycles. The number of aliphatic hydroxyl groups excluding tert-OH is 4. The average molecular weight is 673 g/mol. The largest absolute Gasteiger partial charge is 0.479 e. The zero-order valence-electron chi connectivity index (χ0n) is 22.2. The van der Waals surface area contributed by atoms with Gasteiger partial charge in [-0.3, -0.25) is 9.11 Å². The fraction of sp³-hybridized carbons (Fsp3) is 0.900. The van der Waals surface area contributed by atoms with E-state index in [2.05, 4.69) is 8.37 Å². The minimum atomic E-state index is -5.01. The van der Waals surface area contributed by atoms with Gasteiger partial charge in [-0.05, 0) is 0 Å². The van der Waals surface area contributed by atoms with Gasteiger partial charge in [-0.15, -0.1) is 0 Å². The smallest absolute Gasteiger partial charge is 0.397 e. The number of carbonyl (C=O) groups is 2. The third-order valence-electron chi connectivity index (χ3n) is 6.89. The lowest BCUT2D eigenvalue weighted by Crippen LogP contribution is -2.65. The molecule has 0 amide bonds. The minimum Gasteiger partial charge on any atom is -0.479 e. The van der Waals surface area contributed by atoms with Crippen molar-refractivity contribution in [3.63, 3.8) is 0 Å². The number of aliphatic hydroxyl groups is 4. The van der Waals surface area contributed by atoms with Crippen LogP contribution >= 0.6 is 0 Å². The number of aliphatic carboxylic acids is 1. The second kappa shape index (κ2) is 14.3. The summed E-state index contributed by atoms with van der Waals surface area (Å²) in [6, 6.07) is 0. The maximum absolute atomic E-state index is 12.1. The second-order valence-electron chi connectivity index (χ2n) is 9.73. The van der Waals surface area contributed by atoms with Gasteiger partial charge in [0.15, 0.2) is 25.0 Å². The molecule has 3 rings (SSSR count). The summed E-state index contributed by atoms with van der Waals surface area (Å²) in [6.45, 7) is -0.495. The first-order chi connectivity index (χ1) is 19.9. The molecule has 0 radical (unpaired) electrons. The lowest BCUT2D eigenvalue weighted by Gasteiger charge is -2.46. The average Bonchev–Trinajstić information content (AvgIpc) is 3.21. The number of methoxy groups -OCH3 is 1. The molecular weight excluding hydrogens is 640 g/mol. The van der Waals surface area contributed by atoms with Crippen LogP contribution in [0.1, 0.15) is 6.92 Å². The van der Waals surface area contributed by atoms with Crippen LogP contribution in [0, 0.1) is 5.92 Å². The van der Waals surface area contributed by atoms with Crippen LogP contribution in [0.25, 0.3) is 0 Å². The van der Waals surface area contributed by atoms with E-state index in [1.54, 1.807) is 0 Å². The zero-order valence-corrected chi connectivity index (χ0v) is 23.9. The Morgan fingerprint density at radius 1 is 0.767 bits per heavy atom. The molecule has 7 N–H and O–H groups in total. The molecule has 3 aliphatic heterocycles. The van der Waals surface area contributed by atoms with Crippen molar-refractivity contribution in [3.05, 3.63) is 0 Å². The molecular formula is C20H32O21S2. The Morgan fingerprint density at radius 3 is 1.79 bits per heavy atom. The van der Waals surface area contributed by atoms with Crippen molar-refractivity contribution in [2.24, 2.45) is 5.92 Å². The molecule has 3 saturated heterocycles. The summed E-state index contributed by atoms with van der Waals surface area (Å²) in [4.78, 5) is 23.3. The van der Waals surface area contributed by atoms with Gasteiger partial charge in [0.1, 0.15) is 54.9 Å². The highest BCUT2D eigenvalue weighted by atomic mass is 32.3. The van der Waals surface area contributed by atoms with Gasteiger partial charge in [0.25, 0.3) is 0 Å². The molecule has 0 aliphatic carbocycles. The summed E-state index contributed by atoms with van der Waals surface area (Å²) in [5.74, 6) is -2.80. The molecule has 21 nitrogen and oxygen atoms in total. The van der Waals surface area contributed by atoms with Crippen molar-refractivity contribution in [3.8, 4) is 0 Å². The van der Waals surface area contributed by atoms with E-state index in [4.69, 9.17) is 37.5 Å².